The molecule has 0 aliphatic carbocycles. The fourth-order valence-electron chi connectivity index (χ4n) is 1.84. The summed E-state index contributed by atoms with van der Waals surface area (Å²) in [6.07, 6.45) is 7.04. The van der Waals surface area contributed by atoms with E-state index in [1.807, 2.05) is 0 Å². The summed E-state index contributed by atoms with van der Waals surface area (Å²) in [6.45, 7) is -0.0624. The van der Waals surface area contributed by atoms with Crippen molar-refractivity contribution in [1.29, 1.82) is 0 Å². The smallest absolute Gasteiger partial charge is 0.303 e. The van der Waals surface area contributed by atoms with Crippen molar-refractivity contribution < 1.29 is 13.2 Å². The predicted molar refractivity (Wildman–Crippen MR) is 52.3 cm³/mol. The van der Waals surface area contributed by atoms with E-state index in [4.69, 9.17) is 0 Å². The molecule has 4 heteroatoms. The van der Waals surface area contributed by atoms with Crippen molar-refractivity contribution in [2.24, 2.45) is 0 Å². The van der Waals surface area contributed by atoms with Crippen LogP contribution in [0.5, 0.6) is 0 Å². The molecule has 0 bridgehead atoms. The number of piperidine rings is 1. The number of hydrogen-bond acceptors (Lipinski definition) is 1. The third-order valence-electron chi connectivity index (χ3n) is 2.54. The highest BCUT2D eigenvalue weighted by molar-refractivity contribution is 4.72. The van der Waals surface area contributed by atoms with E-state index in [0.29, 0.717) is 0 Å². The van der Waals surface area contributed by atoms with Gasteiger partial charge in [-0.05, 0) is 32.9 Å². The molecule has 1 atom stereocenters. The molecule has 86 valence electrons. The molecule has 1 unspecified atom stereocenters. The maximum absolute atomic E-state index is 9.67. The highest BCUT2D eigenvalue weighted by atomic mass is 19.4. The quantitative estimate of drug-likeness (QED) is 0.676. The zero-order chi connectivity index (χ0) is 11.0. The maximum atomic E-state index is 9.67. The van der Waals surface area contributed by atoms with Crippen molar-refractivity contribution >= 4 is 0 Å². The first kappa shape index (κ1) is 13.8. The summed E-state index contributed by atoms with van der Waals surface area (Å²) in [5.74, 6) is 0. The zero-order valence-electron chi connectivity index (χ0n) is 8.98. The van der Waals surface area contributed by atoms with Crippen LogP contribution in [0.2, 0.25) is 0 Å². The van der Waals surface area contributed by atoms with Crippen molar-refractivity contribution in [1.82, 2.24) is 4.90 Å². The largest absolute Gasteiger partial charge is 0.379 e. The number of halogens is 3. The second-order valence-corrected chi connectivity index (χ2v) is 3.67. The van der Waals surface area contributed by atoms with Gasteiger partial charge in [0.1, 0.15) is 0 Å². The third kappa shape index (κ3) is 7.18. The highest BCUT2D eigenvalue weighted by Crippen LogP contribution is 2.18. The lowest BCUT2D eigenvalue weighted by Crippen LogP contribution is -2.35. The monoisotopic (exact) mass is 211 g/mol. The molecular formula is C10H20F3N. The molecule has 14 heavy (non-hydrogen) atoms. The summed E-state index contributed by atoms with van der Waals surface area (Å²) in [5.41, 5.74) is 0. The number of alkyl halides is 3. The van der Waals surface area contributed by atoms with E-state index in [1.165, 1.54) is 38.6 Å². The van der Waals surface area contributed by atoms with Crippen molar-refractivity contribution in [3.05, 3.63) is 0 Å². The molecule has 0 aromatic rings. The van der Waals surface area contributed by atoms with E-state index in [9.17, 15) is 13.2 Å². The van der Waals surface area contributed by atoms with Crippen molar-refractivity contribution in [2.75, 3.05) is 13.6 Å². The van der Waals surface area contributed by atoms with Crippen LogP contribution in [0.4, 0.5) is 13.2 Å². The summed E-state index contributed by atoms with van der Waals surface area (Å²) < 4.78 is 29.0. The van der Waals surface area contributed by atoms with Crippen molar-refractivity contribution in [2.45, 2.75) is 51.7 Å². The van der Waals surface area contributed by atoms with Crippen LogP contribution in [0.3, 0.4) is 0 Å². The van der Waals surface area contributed by atoms with Gasteiger partial charge in [-0.3, -0.25) is 0 Å². The van der Waals surface area contributed by atoms with Crippen LogP contribution in [-0.2, 0) is 0 Å². The Bertz CT molecular complexity index is 126. The molecule has 0 N–H and O–H groups in total. The zero-order valence-corrected chi connectivity index (χ0v) is 8.98. The molecule has 1 rings (SSSR count). The van der Waals surface area contributed by atoms with Gasteiger partial charge in [0.05, 0.1) is 0 Å². The first-order chi connectivity index (χ1) is 6.57. The molecule has 0 aromatic carbocycles. The van der Waals surface area contributed by atoms with Crippen LogP contribution < -0.4 is 0 Å². The molecule has 1 aliphatic rings. The first-order valence-corrected chi connectivity index (χ1v) is 5.20. The van der Waals surface area contributed by atoms with E-state index in [2.05, 4.69) is 18.9 Å². The van der Waals surface area contributed by atoms with Gasteiger partial charge in [0.2, 0.25) is 0 Å². The second kappa shape index (κ2) is 8.09. The molecular weight excluding hydrogens is 191 g/mol. The SMILES string of the molecule is CCCC1CCCCN1C.FC(F)F. The fourth-order valence-corrected chi connectivity index (χ4v) is 1.84. The summed E-state index contributed by atoms with van der Waals surface area (Å²) >= 11 is 0. The molecule has 0 aromatic heterocycles. The van der Waals surface area contributed by atoms with Gasteiger partial charge in [-0.15, -0.1) is 0 Å². The minimum Gasteiger partial charge on any atom is -0.303 e. The van der Waals surface area contributed by atoms with E-state index in [1.54, 1.807) is 0 Å². The molecule has 1 fully saturated rings. The van der Waals surface area contributed by atoms with Crippen LogP contribution in [-0.4, -0.2) is 31.2 Å². The number of likely N-dealkylation sites (tertiary alicyclic amines) is 1. The van der Waals surface area contributed by atoms with Gasteiger partial charge in [0.15, 0.2) is 0 Å². The van der Waals surface area contributed by atoms with Gasteiger partial charge >= 0.3 is 6.68 Å². The van der Waals surface area contributed by atoms with Crippen molar-refractivity contribution in [3.63, 3.8) is 0 Å². The predicted octanol–water partition coefficient (Wildman–Crippen LogP) is 3.45. The molecule has 0 radical (unpaired) electrons. The normalized spacial score (nSPS) is 23.1. The maximum Gasteiger partial charge on any atom is 0.379 e. The van der Waals surface area contributed by atoms with Gasteiger partial charge in [-0.25, -0.2) is 0 Å². The van der Waals surface area contributed by atoms with E-state index >= 15 is 0 Å². The number of rotatable bonds is 2. The third-order valence-corrected chi connectivity index (χ3v) is 2.54. The van der Waals surface area contributed by atoms with Crippen LogP contribution >= 0.6 is 0 Å². The first-order valence-electron chi connectivity index (χ1n) is 5.20. The summed E-state index contributed by atoms with van der Waals surface area (Å²) in [6, 6.07) is 0.902. The van der Waals surface area contributed by atoms with Gasteiger partial charge in [-0.1, -0.05) is 19.8 Å². The highest BCUT2D eigenvalue weighted by Gasteiger charge is 2.16. The summed E-state index contributed by atoms with van der Waals surface area (Å²) in [5, 5.41) is 0. The Morgan fingerprint density at radius 1 is 1.29 bits per heavy atom. The Morgan fingerprint density at radius 2 is 1.86 bits per heavy atom. The van der Waals surface area contributed by atoms with Gasteiger partial charge in [0.25, 0.3) is 0 Å². The molecule has 1 nitrogen and oxygen atoms in total. The average Bonchev–Trinajstić information content (AvgIpc) is 2.08. The topological polar surface area (TPSA) is 3.24 Å². The molecule has 1 saturated heterocycles. The van der Waals surface area contributed by atoms with Crippen LogP contribution in [0.1, 0.15) is 39.0 Å². The molecule has 1 aliphatic heterocycles. The Labute approximate surface area is 84.3 Å². The van der Waals surface area contributed by atoms with Gasteiger partial charge in [0, 0.05) is 6.04 Å². The summed E-state index contributed by atoms with van der Waals surface area (Å²) in [4.78, 5) is 2.52. The van der Waals surface area contributed by atoms with Gasteiger partial charge < -0.3 is 4.90 Å². The molecule has 1 heterocycles. The van der Waals surface area contributed by atoms with Crippen LogP contribution in [0.15, 0.2) is 0 Å². The number of nitrogens with zero attached hydrogens (tertiary/aromatic N) is 1. The Hall–Kier alpha value is -0.250. The lowest BCUT2D eigenvalue weighted by Gasteiger charge is -2.32. The molecule has 0 spiro atoms. The van der Waals surface area contributed by atoms with Crippen LogP contribution in [0, 0.1) is 0 Å². The van der Waals surface area contributed by atoms with Crippen molar-refractivity contribution in [3.8, 4) is 0 Å². The van der Waals surface area contributed by atoms with Gasteiger partial charge in [-0.2, -0.15) is 13.2 Å². The van der Waals surface area contributed by atoms with E-state index in [0.717, 1.165) is 6.04 Å². The molecule has 0 saturated carbocycles. The minimum absolute atomic E-state index is 0.902. The standard InChI is InChI=1S/C9H19N.CHF3/c1-3-6-9-7-4-5-8-10(9)2;2-1(3)4/h9H,3-8H2,1-2H3;1H. The number of hydrogen-bond donors (Lipinski definition) is 0. The fraction of sp³-hybridized carbons (Fsp3) is 1.00. The lowest BCUT2D eigenvalue weighted by molar-refractivity contribution is 0.00819. The second-order valence-electron chi connectivity index (χ2n) is 3.67. The van der Waals surface area contributed by atoms with E-state index < -0.39 is 6.68 Å². The average molecular weight is 211 g/mol. The Morgan fingerprint density at radius 3 is 2.29 bits per heavy atom. The Kier molecular flexibility index (Phi) is 7.95. The van der Waals surface area contributed by atoms with Crippen LogP contribution in [0.25, 0.3) is 0 Å². The summed E-state index contributed by atoms with van der Waals surface area (Å²) in [7, 11) is 2.26. The Balaban J connectivity index is 0.000000364. The lowest BCUT2D eigenvalue weighted by atomic mass is 9.99. The molecule has 0 amide bonds. The van der Waals surface area contributed by atoms with E-state index in [-0.39, 0.29) is 0 Å². The minimum atomic E-state index is -3.67.